The molecule has 2 rings (SSSR count). The van der Waals surface area contributed by atoms with Gasteiger partial charge in [-0.15, -0.1) is 0 Å². The highest BCUT2D eigenvalue weighted by Gasteiger charge is 2.11. The molecule has 0 radical (unpaired) electrons. The number of halogens is 1. The molecule has 1 N–H and O–H groups in total. The summed E-state index contributed by atoms with van der Waals surface area (Å²) in [7, 11) is 3.32. The standard InChI is InChI=1S/C17H20INO3/c1-4-22-17-15(18)9-12(10-16(17)21-3)11-19-13-5-7-14(20-2)8-6-13/h5-10,19H,4,11H2,1-3H3. The van der Waals surface area contributed by atoms with Crippen molar-refractivity contribution in [2.45, 2.75) is 13.5 Å². The first-order chi connectivity index (χ1) is 10.7. The molecule has 0 aliphatic rings. The zero-order valence-corrected chi connectivity index (χ0v) is 15.1. The van der Waals surface area contributed by atoms with Gasteiger partial charge in [-0.25, -0.2) is 0 Å². The summed E-state index contributed by atoms with van der Waals surface area (Å²) < 4.78 is 17.3. The number of nitrogens with one attached hydrogen (secondary N) is 1. The SMILES string of the molecule is CCOc1c(I)cc(CNc2ccc(OC)cc2)cc1OC. The summed E-state index contributed by atoms with van der Waals surface area (Å²) in [5.74, 6) is 2.42. The predicted octanol–water partition coefficient (Wildman–Crippen LogP) is 4.32. The highest BCUT2D eigenvalue weighted by molar-refractivity contribution is 14.1. The van der Waals surface area contributed by atoms with Gasteiger partial charge in [-0.2, -0.15) is 0 Å². The molecule has 4 nitrogen and oxygen atoms in total. The average molecular weight is 413 g/mol. The molecule has 0 saturated carbocycles. The summed E-state index contributed by atoms with van der Waals surface area (Å²) >= 11 is 2.27. The van der Waals surface area contributed by atoms with Gasteiger partial charge in [-0.1, -0.05) is 0 Å². The largest absolute Gasteiger partial charge is 0.497 e. The van der Waals surface area contributed by atoms with Gasteiger partial charge < -0.3 is 19.5 Å². The number of hydrogen-bond acceptors (Lipinski definition) is 4. The number of rotatable bonds is 7. The van der Waals surface area contributed by atoms with Crippen LogP contribution >= 0.6 is 22.6 Å². The molecule has 0 aliphatic carbocycles. The smallest absolute Gasteiger partial charge is 0.174 e. The summed E-state index contributed by atoms with van der Waals surface area (Å²) in [6, 6.07) is 12.0. The molecule has 0 bridgehead atoms. The van der Waals surface area contributed by atoms with Crippen LogP contribution in [0.4, 0.5) is 5.69 Å². The Morgan fingerprint density at radius 2 is 1.77 bits per heavy atom. The van der Waals surface area contributed by atoms with E-state index in [4.69, 9.17) is 14.2 Å². The molecule has 0 amide bonds. The molecule has 22 heavy (non-hydrogen) atoms. The lowest BCUT2D eigenvalue weighted by molar-refractivity contribution is 0.308. The van der Waals surface area contributed by atoms with Crippen molar-refractivity contribution in [3.8, 4) is 17.2 Å². The third-order valence-electron chi connectivity index (χ3n) is 3.16. The second-order valence-electron chi connectivity index (χ2n) is 4.62. The molecule has 0 unspecified atom stereocenters. The zero-order valence-electron chi connectivity index (χ0n) is 13.0. The molecule has 0 fully saturated rings. The van der Waals surface area contributed by atoms with Crippen molar-refractivity contribution in [1.82, 2.24) is 0 Å². The van der Waals surface area contributed by atoms with Crippen molar-refractivity contribution in [3.05, 3.63) is 45.5 Å². The number of methoxy groups -OCH3 is 2. The van der Waals surface area contributed by atoms with Gasteiger partial charge in [-0.3, -0.25) is 0 Å². The maximum atomic E-state index is 5.64. The van der Waals surface area contributed by atoms with Crippen LogP contribution < -0.4 is 19.5 Å². The van der Waals surface area contributed by atoms with Gasteiger partial charge in [0.05, 0.1) is 24.4 Å². The topological polar surface area (TPSA) is 39.7 Å². The van der Waals surface area contributed by atoms with Crippen molar-refractivity contribution in [3.63, 3.8) is 0 Å². The fourth-order valence-electron chi connectivity index (χ4n) is 2.07. The van der Waals surface area contributed by atoms with Crippen LogP contribution in [0.15, 0.2) is 36.4 Å². The number of anilines is 1. The minimum absolute atomic E-state index is 0.621. The quantitative estimate of drug-likeness (QED) is 0.687. The molecular formula is C17H20INO3. The fourth-order valence-corrected chi connectivity index (χ4v) is 2.89. The van der Waals surface area contributed by atoms with Gasteiger partial charge in [0.2, 0.25) is 0 Å². The van der Waals surface area contributed by atoms with Crippen molar-refractivity contribution in [2.24, 2.45) is 0 Å². The summed E-state index contributed by atoms with van der Waals surface area (Å²) in [5.41, 5.74) is 2.18. The minimum atomic E-state index is 0.621. The van der Waals surface area contributed by atoms with Crippen LogP contribution in [-0.2, 0) is 6.54 Å². The molecule has 5 heteroatoms. The highest BCUT2D eigenvalue weighted by atomic mass is 127. The fraction of sp³-hybridized carbons (Fsp3) is 0.294. The summed E-state index contributed by atoms with van der Waals surface area (Å²) in [5, 5.41) is 3.39. The van der Waals surface area contributed by atoms with E-state index in [1.54, 1.807) is 14.2 Å². The lowest BCUT2D eigenvalue weighted by Gasteiger charge is -2.14. The second kappa shape index (κ2) is 8.12. The van der Waals surface area contributed by atoms with Gasteiger partial charge in [0.25, 0.3) is 0 Å². The minimum Gasteiger partial charge on any atom is -0.497 e. The van der Waals surface area contributed by atoms with E-state index in [0.29, 0.717) is 13.2 Å². The van der Waals surface area contributed by atoms with Crippen LogP contribution in [0.2, 0.25) is 0 Å². The van der Waals surface area contributed by atoms with E-state index in [9.17, 15) is 0 Å². The van der Waals surface area contributed by atoms with E-state index in [2.05, 4.69) is 34.0 Å². The maximum Gasteiger partial charge on any atom is 0.174 e. The van der Waals surface area contributed by atoms with Crippen LogP contribution in [-0.4, -0.2) is 20.8 Å². The van der Waals surface area contributed by atoms with Crippen LogP contribution in [0.25, 0.3) is 0 Å². The maximum absolute atomic E-state index is 5.64. The summed E-state index contributed by atoms with van der Waals surface area (Å²) in [6.07, 6.45) is 0. The van der Waals surface area contributed by atoms with Gasteiger partial charge in [-0.05, 0) is 71.5 Å². The van der Waals surface area contributed by atoms with Crippen LogP contribution in [0.5, 0.6) is 17.2 Å². The van der Waals surface area contributed by atoms with Gasteiger partial charge in [0.1, 0.15) is 5.75 Å². The zero-order chi connectivity index (χ0) is 15.9. The molecule has 0 aliphatic heterocycles. The molecule has 0 aromatic heterocycles. The first-order valence-electron chi connectivity index (χ1n) is 7.05. The normalized spacial score (nSPS) is 10.2. The first-order valence-corrected chi connectivity index (χ1v) is 8.13. The van der Waals surface area contributed by atoms with Crippen molar-refractivity contribution in [1.29, 1.82) is 0 Å². The van der Waals surface area contributed by atoms with E-state index in [-0.39, 0.29) is 0 Å². The van der Waals surface area contributed by atoms with Gasteiger partial charge >= 0.3 is 0 Å². The van der Waals surface area contributed by atoms with Crippen molar-refractivity contribution >= 4 is 28.3 Å². The van der Waals surface area contributed by atoms with Crippen LogP contribution in [0.3, 0.4) is 0 Å². The lowest BCUT2D eigenvalue weighted by atomic mass is 10.2. The monoisotopic (exact) mass is 413 g/mol. The van der Waals surface area contributed by atoms with Crippen molar-refractivity contribution < 1.29 is 14.2 Å². The Morgan fingerprint density at radius 3 is 2.36 bits per heavy atom. The van der Waals surface area contributed by atoms with E-state index in [1.165, 1.54) is 0 Å². The Hall–Kier alpha value is -1.63. The Morgan fingerprint density at radius 1 is 1.05 bits per heavy atom. The first kappa shape index (κ1) is 16.7. The number of benzene rings is 2. The second-order valence-corrected chi connectivity index (χ2v) is 5.79. The third kappa shape index (κ3) is 4.19. The van der Waals surface area contributed by atoms with E-state index in [0.717, 1.165) is 32.1 Å². The molecule has 118 valence electrons. The summed E-state index contributed by atoms with van der Waals surface area (Å²) in [6.45, 7) is 3.30. The summed E-state index contributed by atoms with van der Waals surface area (Å²) in [4.78, 5) is 0. The Labute approximate surface area is 144 Å². The molecule has 0 saturated heterocycles. The van der Waals surface area contributed by atoms with E-state index >= 15 is 0 Å². The van der Waals surface area contributed by atoms with E-state index in [1.807, 2.05) is 37.3 Å². The van der Waals surface area contributed by atoms with Gasteiger partial charge in [0, 0.05) is 12.2 Å². The highest BCUT2D eigenvalue weighted by Crippen LogP contribution is 2.34. The average Bonchev–Trinajstić information content (AvgIpc) is 2.55. The third-order valence-corrected chi connectivity index (χ3v) is 3.97. The van der Waals surface area contributed by atoms with Crippen molar-refractivity contribution in [2.75, 3.05) is 26.1 Å². The number of hydrogen-bond donors (Lipinski definition) is 1. The van der Waals surface area contributed by atoms with Crippen LogP contribution in [0, 0.1) is 3.57 Å². The van der Waals surface area contributed by atoms with E-state index < -0.39 is 0 Å². The molecule has 2 aromatic rings. The van der Waals surface area contributed by atoms with Crippen LogP contribution in [0.1, 0.15) is 12.5 Å². The predicted molar refractivity (Wildman–Crippen MR) is 97.2 cm³/mol. The molecular weight excluding hydrogens is 393 g/mol. The lowest BCUT2D eigenvalue weighted by Crippen LogP contribution is -2.03. The molecule has 0 heterocycles. The Balaban J connectivity index is 2.10. The molecule has 0 spiro atoms. The molecule has 2 aromatic carbocycles. The Kier molecular flexibility index (Phi) is 6.18. The Bertz CT molecular complexity index is 614. The molecule has 0 atom stereocenters. The van der Waals surface area contributed by atoms with Gasteiger partial charge in [0.15, 0.2) is 11.5 Å². The number of ether oxygens (including phenoxy) is 3.